The van der Waals surface area contributed by atoms with Gasteiger partial charge >= 0.3 is 0 Å². The molecular weight excluding hydrogens is 304 g/mol. The lowest BCUT2D eigenvalue weighted by molar-refractivity contribution is 0.559. The molecule has 0 spiro atoms. The number of halogens is 1. The number of hydrogen-bond donors (Lipinski definition) is 2. The largest absolute Gasteiger partial charge is 0.315 e. The molecule has 2 N–H and O–H groups in total. The van der Waals surface area contributed by atoms with Gasteiger partial charge in [-0.3, -0.25) is 0 Å². The van der Waals surface area contributed by atoms with Crippen LogP contribution in [0.25, 0.3) is 0 Å². The van der Waals surface area contributed by atoms with Crippen molar-refractivity contribution >= 4 is 26.0 Å². The van der Waals surface area contributed by atoms with Crippen molar-refractivity contribution in [2.45, 2.75) is 24.3 Å². The average molecular weight is 319 g/mol. The third kappa shape index (κ3) is 3.07. The van der Waals surface area contributed by atoms with E-state index in [0.29, 0.717) is 11.4 Å². The van der Waals surface area contributed by atoms with E-state index in [9.17, 15) is 8.42 Å². The molecule has 0 radical (unpaired) electrons. The molecule has 0 aliphatic carbocycles. The average Bonchev–Trinajstić information content (AvgIpc) is 2.73. The highest BCUT2D eigenvalue weighted by Gasteiger charge is 2.23. The molecule has 17 heavy (non-hydrogen) atoms. The summed E-state index contributed by atoms with van der Waals surface area (Å²) in [6.07, 6.45) is 0.840. The second-order valence-corrected chi connectivity index (χ2v) is 6.82. The monoisotopic (exact) mass is 318 g/mol. The van der Waals surface area contributed by atoms with Crippen LogP contribution in [0.15, 0.2) is 27.6 Å². The molecule has 1 aliphatic rings. The first kappa shape index (κ1) is 13.0. The summed E-state index contributed by atoms with van der Waals surface area (Å²) in [4.78, 5) is 0.346. The molecule has 0 aromatic heterocycles. The molecule has 0 saturated carbocycles. The lowest BCUT2D eigenvalue weighted by Gasteiger charge is -2.13. The smallest absolute Gasteiger partial charge is 0.241 e. The second-order valence-electron chi connectivity index (χ2n) is 4.22. The summed E-state index contributed by atoms with van der Waals surface area (Å²) in [6.45, 7) is 3.37. The number of rotatable bonds is 3. The van der Waals surface area contributed by atoms with E-state index in [-0.39, 0.29) is 6.04 Å². The van der Waals surface area contributed by atoms with Gasteiger partial charge in [-0.1, -0.05) is 22.0 Å². The van der Waals surface area contributed by atoms with Gasteiger partial charge in [0.25, 0.3) is 0 Å². The number of aryl methyl sites for hydroxylation is 1. The Morgan fingerprint density at radius 1 is 1.47 bits per heavy atom. The summed E-state index contributed by atoms with van der Waals surface area (Å²) in [5.74, 6) is 0. The van der Waals surface area contributed by atoms with Crippen LogP contribution in [0.4, 0.5) is 0 Å². The fraction of sp³-hybridized carbons (Fsp3) is 0.455. The van der Waals surface area contributed by atoms with Crippen LogP contribution in [0.1, 0.15) is 12.0 Å². The molecule has 0 bridgehead atoms. The van der Waals surface area contributed by atoms with Gasteiger partial charge in [-0.25, -0.2) is 13.1 Å². The normalized spacial score (nSPS) is 20.7. The molecule has 94 valence electrons. The summed E-state index contributed by atoms with van der Waals surface area (Å²) in [5, 5.41) is 3.14. The van der Waals surface area contributed by atoms with Crippen molar-refractivity contribution in [2.24, 2.45) is 0 Å². The van der Waals surface area contributed by atoms with Gasteiger partial charge in [0.1, 0.15) is 0 Å². The van der Waals surface area contributed by atoms with Crippen LogP contribution in [-0.2, 0) is 10.0 Å². The van der Waals surface area contributed by atoms with E-state index in [1.165, 1.54) is 0 Å². The van der Waals surface area contributed by atoms with Crippen molar-refractivity contribution in [1.29, 1.82) is 0 Å². The zero-order valence-electron chi connectivity index (χ0n) is 9.53. The summed E-state index contributed by atoms with van der Waals surface area (Å²) in [7, 11) is -3.42. The number of nitrogens with one attached hydrogen (secondary N) is 2. The molecule has 6 heteroatoms. The van der Waals surface area contributed by atoms with Gasteiger partial charge in [-0.15, -0.1) is 0 Å². The van der Waals surface area contributed by atoms with Gasteiger partial charge in [-0.05, 0) is 37.6 Å². The molecule has 1 aromatic carbocycles. The topological polar surface area (TPSA) is 58.2 Å². The Balaban J connectivity index is 2.27. The van der Waals surface area contributed by atoms with E-state index in [1.807, 2.05) is 6.07 Å². The molecule has 1 atom stereocenters. The summed E-state index contributed by atoms with van der Waals surface area (Å²) >= 11 is 3.30. The Bertz CT molecular complexity index is 510. The second kappa shape index (κ2) is 5.06. The molecule has 0 unspecified atom stereocenters. The number of hydrogen-bond acceptors (Lipinski definition) is 3. The summed E-state index contributed by atoms with van der Waals surface area (Å²) in [6, 6.07) is 5.27. The molecule has 1 aromatic rings. The minimum absolute atomic E-state index is 0.00150. The van der Waals surface area contributed by atoms with Crippen molar-refractivity contribution < 1.29 is 8.42 Å². The minimum atomic E-state index is -3.42. The Hall–Kier alpha value is -0.430. The minimum Gasteiger partial charge on any atom is -0.315 e. The molecule has 2 rings (SSSR count). The first-order valence-electron chi connectivity index (χ1n) is 5.48. The molecular formula is C11H15BrN2O2S. The van der Waals surface area contributed by atoms with Gasteiger partial charge in [0.05, 0.1) is 4.90 Å². The molecule has 4 nitrogen and oxygen atoms in total. The first-order chi connectivity index (χ1) is 7.99. The van der Waals surface area contributed by atoms with Crippen molar-refractivity contribution in [3.05, 3.63) is 28.2 Å². The van der Waals surface area contributed by atoms with Gasteiger partial charge in [0, 0.05) is 17.1 Å². The van der Waals surface area contributed by atoms with Crippen molar-refractivity contribution in [3.8, 4) is 0 Å². The van der Waals surface area contributed by atoms with Crippen LogP contribution in [0.2, 0.25) is 0 Å². The van der Waals surface area contributed by atoms with Crippen LogP contribution >= 0.6 is 15.9 Å². The van der Waals surface area contributed by atoms with Crippen LogP contribution in [0.3, 0.4) is 0 Å². The molecule has 0 amide bonds. The van der Waals surface area contributed by atoms with Crippen LogP contribution in [-0.4, -0.2) is 27.5 Å². The Morgan fingerprint density at radius 2 is 2.24 bits per heavy atom. The van der Waals surface area contributed by atoms with E-state index in [0.717, 1.165) is 23.0 Å². The zero-order chi connectivity index (χ0) is 12.5. The Kier molecular flexibility index (Phi) is 3.87. The fourth-order valence-corrected chi connectivity index (χ4v) is 3.96. The van der Waals surface area contributed by atoms with Crippen molar-refractivity contribution in [3.63, 3.8) is 0 Å². The molecule has 1 heterocycles. The highest BCUT2D eigenvalue weighted by molar-refractivity contribution is 9.10. The van der Waals surface area contributed by atoms with Gasteiger partial charge in [-0.2, -0.15) is 0 Å². The van der Waals surface area contributed by atoms with Crippen LogP contribution < -0.4 is 10.0 Å². The maximum Gasteiger partial charge on any atom is 0.241 e. The standard InChI is InChI=1S/C11H15BrN2O2S/c1-8-2-3-9(12)6-11(8)17(15,16)14-10-4-5-13-7-10/h2-3,6,10,13-14H,4-5,7H2,1H3/t10-/m1/s1. The predicted octanol–water partition coefficient (Wildman–Crippen LogP) is 1.40. The Morgan fingerprint density at radius 3 is 2.88 bits per heavy atom. The van der Waals surface area contributed by atoms with Crippen LogP contribution in [0, 0.1) is 6.92 Å². The van der Waals surface area contributed by atoms with E-state index >= 15 is 0 Å². The summed E-state index contributed by atoms with van der Waals surface area (Å²) in [5.41, 5.74) is 0.756. The zero-order valence-corrected chi connectivity index (χ0v) is 11.9. The Labute approximate surface area is 110 Å². The quantitative estimate of drug-likeness (QED) is 0.885. The molecule has 1 fully saturated rings. The van der Waals surface area contributed by atoms with Gasteiger partial charge in [0.15, 0.2) is 0 Å². The van der Waals surface area contributed by atoms with Crippen LogP contribution in [0.5, 0.6) is 0 Å². The van der Waals surface area contributed by atoms with E-state index in [4.69, 9.17) is 0 Å². The molecule has 1 saturated heterocycles. The summed E-state index contributed by atoms with van der Waals surface area (Å²) < 4.78 is 27.9. The van der Waals surface area contributed by atoms with E-state index in [1.54, 1.807) is 19.1 Å². The third-order valence-corrected chi connectivity index (χ3v) is 4.98. The maximum absolute atomic E-state index is 12.2. The lowest BCUT2D eigenvalue weighted by atomic mass is 10.2. The SMILES string of the molecule is Cc1ccc(Br)cc1S(=O)(=O)N[C@@H]1CCNC1. The number of benzene rings is 1. The molecule has 1 aliphatic heterocycles. The van der Waals surface area contributed by atoms with Gasteiger partial charge in [0.2, 0.25) is 10.0 Å². The highest BCUT2D eigenvalue weighted by Crippen LogP contribution is 2.21. The van der Waals surface area contributed by atoms with E-state index < -0.39 is 10.0 Å². The lowest BCUT2D eigenvalue weighted by Crippen LogP contribution is -2.36. The predicted molar refractivity (Wildman–Crippen MR) is 70.5 cm³/mol. The van der Waals surface area contributed by atoms with Crippen molar-refractivity contribution in [2.75, 3.05) is 13.1 Å². The number of sulfonamides is 1. The third-order valence-electron chi connectivity index (χ3n) is 2.82. The maximum atomic E-state index is 12.2. The highest BCUT2D eigenvalue weighted by atomic mass is 79.9. The fourth-order valence-electron chi connectivity index (χ4n) is 1.90. The van der Waals surface area contributed by atoms with E-state index in [2.05, 4.69) is 26.0 Å². The van der Waals surface area contributed by atoms with Crippen molar-refractivity contribution in [1.82, 2.24) is 10.0 Å². The first-order valence-corrected chi connectivity index (χ1v) is 7.76. The van der Waals surface area contributed by atoms with Gasteiger partial charge < -0.3 is 5.32 Å².